The number of pyridine rings is 1. The van der Waals surface area contributed by atoms with Crippen molar-refractivity contribution in [3.05, 3.63) is 35.2 Å². The molecular formula is C15H15N3OS. The minimum Gasteiger partial charge on any atom is -0.397 e. The van der Waals surface area contributed by atoms with Crippen LogP contribution < -0.4 is 11.1 Å². The number of amides is 1. The van der Waals surface area contributed by atoms with Crippen molar-refractivity contribution in [2.45, 2.75) is 13.3 Å². The van der Waals surface area contributed by atoms with Crippen LogP contribution >= 0.6 is 11.3 Å². The van der Waals surface area contributed by atoms with Crippen molar-refractivity contribution in [2.75, 3.05) is 12.3 Å². The molecule has 0 spiro atoms. The van der Waals surface area contributed by atoms with E-state index >= 15 is 0 Å². The summed E-state index contributed by atoms with van der Waals surface area (Å²) in [5.74, 6) is -0.114. The van der Waals surface area contributed by atoms with Crippen LogP contribution in [-0.2, 0) is 0 Å². The Bertz CT molecular complexity index is 794. The first-order valence-corrected chi connectivity index (χ1v) is 7.38. The standard InChI is InChI=1S/C15H15N3OS/c1-2-7-17-14(19)13-12(16)10-8-9-5-3-4-6-11(9)18-15(10)20-13/h3-6,8H,2,7,16H2,1H3,(H,17,19). The SMILES string of the molecule is CCCNC(=O)c1sc2nc3ccccc3cc2c1N. The van der Waals surface area contributed by atoms with Gasteiger partial charge in [-0.1, -0.05) is 25.1 Å². The first-order valence-electron chi connectivity index (χ1n) is 6.56. The summed E-state index contributed by atoms with van der Waals surface area (Å²) in [6, 6.07) is 9.87. The normalized spacial score (nSPS) is 11.1. The van der Waals surface area contributed by atoms with Gasteiger partial charge in [-0.15, -0.1) is 11.3 Å². The number of hydrogen-bond donors (Lipinski definition) is 2. The zero-order valence-electron chi connectivity index (χ0n) is 11.1. The van der Waals surface area contributed by atoms with Crippen LogP contribution in [0, 0.1) is 0 Å². The number of anilines is 1. The van der Waals surface area contributed by atoms with E-state index in [-0.39, 0.29) is 5.91 Å². The second kappa shape index (κ2) is 5.09. The number of hydrogen-bond acceptors (Lipinski definition) is 4. The van der Waals surface area contributed by atoms with Crippen molar-refractivity contribution in [2.24, 2.45) is 0 Å². The number of nitrogens with two attached hydrogens (primary N) is 1. The third-order valence-electron chi connectivity index (χ3n) is 3.16. The summed E-state index contributed by atoms with van der Waals surface area (Å²) in [4.78, 5) is 18.0. The summed E-state index contributed by atoms with van der Waals surface area (Å²) in [5, 5.41) is 4.74. The fourth-order valence-corrected chi connectivity index (χ4v) is 3.13. The van der Waals surface area contributed by atoms with Crippen molar-refractivity contribution >= 4 is 44.1 Å². The largest absolute Gasteiger partial charge is 0.397 e. The molecule has 0 bridgehead atoms. The van der Waals surface area contributed by atoms with E-state index < -0.39 is 0 Å². The van der Waals surface area contributed by atoms with Gasteiger partial charge >= 0.3 is 0 Å². The molecular weight excluding hydrogens is 270 g/mol. The van der Waals surface area contributed by atoms with Gasteiger partial charge in [-0.05, 0) is 18.6 Å². The number of carbonyl (C=O) groups is 1. The van der Waals surface area contributed by atoms with Gasteiger partial charge in [0.1, 0.15) is 9.71 Å². The minimum atomic E-state index is -0.114. The summed E-state index contributed by atoms with van der Waals surface area (Å²) in [6.45, 7) is 2.67. The Hall–Kier alpha value is -2.14. The van der Waals surface area contributed by atoms with Gasteiger partial charge in [0, 0.05) is 17.3 Å². The smallest absolute Gasteiger partial charge is 0.263 e. The fraction of sp³-hybridized carbons (Fsp3) is 0.200. The van der Waals surface area contributed by atoms with Gasteiger partial charge in [-0.25, -0.2) is 4.98 Å². The lowest BCUT2D eigenvalue weighted by molar-refractivity contribution is 0.0958. The van der Waals surface area contributed by atoms with Crippen molar-refractivity contribution in [3.8, 4) is 0 Å². The number of para-hydroxylation sites is 1. The van der Waals surface area contributed by atoms with Gasteiger partial charge in [0.15, 0.2) is 0 Å². The maximum Gasteiger partial charge on any atom is 0.263 e. The molecule has 0 saturated carbocycles. The van der Waals surface area contributed by atoms with E-state index in [4.69, 9.17) is 5.73 Å². The van der Waals surface area contributed by atoms with Crippen LogP contribution in [0.5, 0.6) is 0 Å². The molecule has 0 fully saturated rings. The van der Waals surface area contributed by atoms with E-state index in [0.717, 1.165) is 27.5 Å². The Morgan fingerprint density at radius 1 is 1.40 bits per heavy atom. The highest BCUT2D eigenvalue weighted by Crippen LogP contribution is 2.34. The molecule has 0 unspecified atom stereocenters. The highest BCUT2D eigenvalue weighted by atomic mass is 32.1. The number of aromatic nitrogens is 1. The Balaban J connectivity index is 2.13. The summed E-state index contributed by atoms with van der Waals surface area (Å²) in [5.41, 5.74) is 7.56. The predicted octanol–water partition coefficient (Wildman–Crippen LogP) is 3.17. The number of carbonyl (C=O) groups excluding carboxylic acids is 1. The lowest BCUT2D eigenvalue weighted by atomic mass is 10.1. The second-order valence-corrected chi connectivity index (χ2v) is 5.63. The van der Waals surface area contributed by atoms with E-state index in [1.54, 1.807) is 0 Å². The number of fused-ring (bicyclic) bond motifs is 2. The van der Waals surface area contributed by atoms with Gasteiger partial charge in [-0.2, -0.15) is 0 Å². The first kappa shape index (κ1) is 12.9. The summed E-state index contributed by atoms with van der Waals surface area (Å²) in [7, 11) is 0. The monoisotopic (exact) mass is 285 g/mol. The molecule has 3 aromatic rings. The molecule has 3 rings (SSSR count). The number of thiophene rings is 1. The van der Waals surface area contributed by atoms with Crippen LogP contribution in [0.3, 0.4) is 0 Å². The molecule has 0 radical (unpaired) electrons. The van der Waals surface area contributed by atoms with Crippen molar-refractivity contribution in [1.29, 1.82) is 0 Å². The zero-order chi connectivity index (χ0) is 14.1. The molecule has 1 amide bonds. The summed E-state index contributed by atoms with van der Waals surface area (Å²) < 4.78 is 0. The molecule has 2 heterocycles. The molecule has 5 heteroatoms. The van der Waals surface area contributed by atoms with Gasteiger partial charge in [0.05, 0.1) is 11.2 Å². The topological polar surface area (TPSA) is 68.0 Å². The summed E-state index contributed by atoms with van der Waals surface area (Å²) >= 11 is 1.35. The van der Waals surface area contributed by atoms with Gasteiger partial charge in [0.25, 0.3) is 5.91 Å². The van der Waals surface area contributed by atoms with Crippen molar-refractivity contribution < 1.29 is 4.79 Å². The lowest BCUT2D eigenvalue weighted by Crippen LogP contribution is -2.23. The number of nitrogen functional groups attached to an aromatic ring is 1. The minimum absolute atomic E-state index is 0.114. The average Bonchev–Trinajstić information content (AvgIpc) is 2.79. The predicted molar refractivity (Wildman–Crippen MR) is 84.2 cm³/mol. The molecule has 0 aliphatic rings. The molecule has 0 saturated heterocycles. The van der Waals surface area contributed by atoms with E-state index in [9.17, 15) is 4.79 Å². The highest BCUT2D eigenvalue weighted by Gasteiger charge is 2.17. The van der Waals surface area contributed by atoms with E-state index in [0.29, 0.717) is 17.1 Å². The van der Waals surface area contributed by atoms with Crippen molar-refractivity contribution in [1.82, 2.24) is 10.3 Å². The van der Waals surface area contributed by atoms with Gasteiger partial charge in [0.2, 0.25) is 0 Å². The van der Waals surface area contributed by atoms with E-state index in [1.165, 1.54) is 11.3 Å². The van der Waals surface area contributed by atoms with Crippen LogP contribution in [0.1, 0.15) is 23.0 Å². The number of nitrogens with zero attached hydrogens (tertiary/aromatic N) is 1. The van der Waals surface area contributed by atoms with Crippen LogP contribution in [0.15, 0.2) is 30.3 Å². The lowest BCUT2D eigenvalue weighted by Gasteiger charge is -2.01. The van der Waals surface area contributed by atoms with Crippen molar-refractivity contribution in [3.63, 3.8) is 0 Å². The first-order chi connectivity index (χ1) is 9.70. The second-order valence-electron chi connectivity index (χ2n) is 4.63. The van der Waals surface area contributed by atoms with Gasteiger partial charge in [-0.3, -0.25) is 4.79 Å². The van der Waals surface area contributed by atoms with Gasteiger partial charge < -0.3 is 11.1 Å². The number of nitrogens with one attached hydrogen (secondary N) is 1. The molecule has 0 atom stereocenters. The maximum absolute atomic E-state index is 12.1. The van der Waals surface area contributed by atoms with Crippen LogP contribution in [0.25, 0.3) is 21.1 Å². The quantitative estimate of drug-likeness (QED) is 0.776. The third kappa shape index (κ3) is 2.10. The Labute approximate surface area is 120 Å². The molecule has 1 aromatic carbocycles. The zero-order valence-corrected chi connectivity index (χ0v) is 12.0. The number of rotatable bonds is 3. The molecule has 2 aromatic heterocycles. The van der Waals surface area contributed by atoms with Crippen LogP contribution in [-0.4, -0.2) is 17.4 Å². The molecule has 3 N–H and O–H groups in total. The molecule has 102 valence electrons. The highest BCUT2D eigenvalue weighted by molar-refractivity contribution is 7.21. The Morgan fingerprint density at radius 2 is 2.20 bits per heavy atom. The summed E-state index contributed by atoms with van der Waals surface area (Å²) in [6.07, 6.45) is 0.901. The molecule has 20 heavy (non-hydrogen) atoms. The van der Waals surface area contributed by atoms with E-state index in [1.807, 2.05) is 37.3 Å². The van der Waals surface area contributed by atoms with E-state index in [2.05, 4.69) is 10.3 Å². The fourth-order valence-electron chi connectivity index (χ4n) is 2.13. The van der Waals surface area contributed by atoms with Crippen LogP contribution in [0.2, 0.25) is 0 Å². The average molecular weight is 285 g/mol. The maximum atomic E-state index is 12.1. The van der Waals surface area contributed by atoms with Crippen LogP contribution in [0.4, 0.5) is 5.69 Å². The molecule has 0 aliphatic heterocycles. The Morgan fingerprint density at radius 3 is 3.00 bits per heavy atom. The molecule has 4 nitrogen and oxygen atoms in total. The Kier molecular flexibility index (Phi) is 3.28. The molecule has 0 aliphatic carbocycles. The number of benzene rings is 1. The third-order valence-corrected chi connectivity index (χ3v) is 4.28.